The Kier molecular flexibility index (Phi) is 5.04. The number of rotatable bonds is 4. The molecule has 3 rings (SSSR count). The van der Waals surface area contributed by atoms with Crippen molar-refractivity contribution in [2.45, 2.75) is 38.5 Å². The third kappa shape index (κ3) is 4.15. The highest BCUT2D eigenvalue weighted by Gasteiger charge is 2.18. The summed E-state index contributed by atoms with van der Waals surface area (Å²) in [5, 5.41) is 0. The number of piperidine rings is 1. The maximum Gasteiger partial charge on any atom is 0.262 e. The van der Waals surface area contributed by atoms with E-state index in [0.29, 0.717) is 10.6 Å². The maximum atomic E-state index is 12.6. The Hall–Kier alpha value is -2.01. The van der Waals surface area contributed by atoms with Gasteiger partial charge < -0.3 is 4.90 Å². The third-order valence-corrected chi connectivity index (χ3v) is 6.43. The van der Waals surface area contributed by atoms with Crippen molar-refractivity contribution in [3.63, 3.8) is 0 Å². The Bertz CT molecular complexity index is 836. The van der Waals surface area contributed by atoms with Gasteiger partial charge in [0.1, 0.15) is 0 Å². The molecule has 0 bridgehead atoms. The van der Waals surface area contributed by atoms with Crippen LogP contribution in [0, 0.1) is 19.8 Å². The van der Waals surface area contributed by atoms with Crippen molar-refractivity contribution in [3.05, 3.63) is 53.6 Å². The molecule has 1 fully saturated rings. The molecule has 1 heterocycles. The number of aryl methyl sites for hydroxylation is 2. The first-order valence-electron chi connectivity index (χ1n) is 8.80. The summed E-state index contributed by atoms with van der Waals surface area (Å²) in [7, 11) is -3.57. The van der Waals surface area contributed by atoms with Crippen molar-refractivity contribution in [2.75, 3.05) is 22.7 Å². The van der Waals surface area contributed by atoms with E-state index >= 15 is 0 Å². The van der Waals surface area contributed by atoms with Crippen molar-refractivity contribution in [2.24, 2.45) is 5.92 Å². The molecule has 2 aromatic rings. The van der Waals surface area contributed by atoms with Gasteiger partial charge in [-0.05, 0) is 68.5 Å². The molecule has 0 amide bonds. The second-order valence-corrected chi connectivity index (χ2v) is 8.74. The number of benzene rings is 2. The van der Waals surface area contributed by atoms with Gasteiger partial charge in [0.25, 0.3) is 10.0 Å². The van der Waals surface area contributed by atoms with E-state index in [4.69, 9.17) is 0 Å². The number of nitrogens with zero attached hydrogens (tertiary/aromatic N) is 1. The predicted octanol–water partition coefficient (Wildman–Crippen LogP) is 4.34. The molecule has 1 saturated heterocycles. The summed E-state index contributed by atoms with van der Waals surface area (Å²) in [6, 6.07) is 13.0. The lowest BCUT2D eigenvalue weighted by molar-refractivity contribution is 0.438. The van der Waals surface area contributed by atoms with E-state index in [1.807, 2.05) is 50.2 Å². The zero-order valence-corrected chi connectivity index (χ0v) is 15.9. The van der Waals surface area contributed by atoms with Crippen molar-refractivity contribution in [1.82, 2.24) is 0 Å². The minimum Gasteiger partial charge on any atom is -0.372 e. The van der Waals surface area contributed by atoms with Crippen LogP contribution in [0.5, 0.6) is 0 Å². The highest BCUT2D eigenvalue weighted by atomic mass is 32.2. The smallest absolute Gasteiger partial charge is 0.262 e. The molecule has 1 N–H and O–H groups in total. The first kappa shape index (κ1) is 17.8. The maximum absolute atomic E-state index is 12.6. The molecule has 25 heavy (non-hydrogen) atoms. The Balaban J connectivity index is 1.74. The van der Waals surface area contributed by atoms with Gasteiger partial charge in [0.2, 0.25) is 0 Å². The van der Waals surface area contributed by atoms with Crippen LogP contribution in [0.4, 0.5) is 11.4 Å². The average Bonchev–Trinajstić information content (AvgIpc) is 2.55. The van der Waals surface area contributed by atoms with E-state index in [0.717, 1.165) is 35.8 Å². The molecule has 134 valence electrons. The molecule has 2 aromatic carbocycles. The van der Waals surface area contributed by atoms with E-state index in [1.54, 1.807) is 6.07 Å². The van der Waals surface area contributed by atoms with Crippen LogP contribution in [0.1, 0.15) is 30.9 Å². The fourth-order valence-electron chi connectivity index (χ4n) is 3.32. The third-order valence-electron chi connectivity index (χ3n) is 4.89. The number of hydrogen-bond donors (Lipinski definition) is 1. The molecule has 0 spiro atoms. The summed E-state index contributed by atoms with van der Waals surface area (Å²) in [6.45, 7) is 8.20. The molecule has 0 aliphatic carbocycles. The lowest BCUT2D eigenvalue weighted by atomic mass is 9.99. The first-order valence-corrected chi connectivity index (χ1v) is 10.3. The quantitative estimate of drug-likeness (QED) is 0.884. The Morgan fingerprint density at radius 1 is 1.00 bits per heavy atom. The zero-order valence-electron chi connectivity index (χ0n) is 15.1. The lowest BCUT2D eigenvalue weighted by Crippen LogP contribution is -2.32. The fraction of sp³-hybridized carbons (Fsp3) is 0.400. The monoisotopic (exact) mass is 358 g/mol. The van der Waals surface area contributed by atoms with Gasteiger partial charge in [0.05, 0.1) is 4.90 Å². The van der Waals surface area contributed by atoms with Crippen molar-refractivity contribution >= 4 is 21.4 Å². The molecule has 1 aliphatic heterocycles. The minimum absolute atomic E-state index is 0.326. The molecule has 0 radical (unpaired) electrons. The molecule has 4 nitrogen and oxygen atoms in total. The fourth-order valence-corrected chi connectivity index (χ4v) is 4.60. The minimum atomic E-state index is -3.57. The summed E-state index contributed by atoms with van der Waals surface area (Å²) in [4.78, 5) is 2.69. The molecule has 0 saturated carbocycles. The van der Waals surface area contributed by atoms with Crippen molar-refractivity contribution in [3.8, 4) is 0 Å². The van der Waals surface area contributed by atoms with Crippen LogP contribution in [0.3, 0.4) is 0 Å². The van der Waals surface area contributed by atoms with Gasteiger partial charge in [-0.25, -0.2) is 8.42 Å². The SMILES string of the molecule is Cc1ccc(S(=O)(=O)Nc2ccc(N3CCC(C)CC3)cc2)c(C)c1. The van der Waals surface area contributed by atoms with E-state index < -0.39 is 10.0 Å². The van der Waals surface area contributed by atoms with Crippen molar-refractivity contribution in [1.29, 1.82) is 0 Å². The topological polar surface area (TPSA) is 49.4 Å². The molecule has 0 atom stereocenters. The van der Waals surface area contributed by atoms with Gasteiger partial charge >= 0.3 is 0 Å². The van der Waals surface area contributed by atoms with Crippen molar-refractivity contribution < 1.29 is 8.42 Å². The van der Waals surface area contributed by atoms with Gasteiger partial charge in [-0.1, -0.05) is 24.6 Å². The summed E-state index contributed by atoms with van der Waals surface area (Å²) in [5.41, 5.74) is 3.55. The van der Waals surface area contributed by atoms with E-state index in [-0.39, 0.29) is 0 Å². The second kappa shape index (κ2) is 7.08. The van der Waals surface area contributed by atoms with Gasteiger partial charge in [-0.3, -0.25) is 4.72 Å². The molecular weight excluding hydrogens is 332 g/mol. The van der Waals surface area contributed by atoms with Crippen LogP contribution in [0.15, 0.2) is 47.4 Å². The van der Waals surface area contributed by atoms with E-state index in [1.165, 1.54) is 12.8 Å². The molecule has 0 unspecified atom stereocenters. The van der Waals surface area contributed by atoms with Crippen LogP contribution < -0.4 is 9.62 Å². The van der Waals surface area contributed by atoms with Gasteiger partial charge in [0.15, 0.2) is 0 Å². The lowest BCUT2D eigenvalue weighted by Gasteiger charge is -2.32. The highest BCUT2D eigenvalue weighted by Crippen LogP contribution is 2.26. The summed E-state index contributed by atoms with van der Waals surface area (Å²) < 4.78 is 28.0. The van der Waals surface area contributed by atoms with Crippen LogP contribution in [0.25, 0.3) is 0 Å². The standard InChI is InChI=1S/C20H26N2O2S/c1-15-10-12-22(13-11-15)19-7-5-18(6-8-19)21-25(23,24)20-9-4-16(2)14-17(20)3/h4-9,14-15,21H,10-13H2,1-3H3. The predicted molar refractivity (Wildman–Crippen MR) is 104 cm³/mol. The Labute approximate surface area is 150 Å². The first-order chi connectivity index (χ1) is 11.8. The number of anilines is 2. The average molecular weight is 359 g/mol. The number of nitrogens with one attached hydrogen (secondary N) is 1. The second-order valence-electron chi connectivity index (χ2n) is 7.09. The number of hydrogen-bond acceptors (Lipinski definition) is 3. The summed E-state index contributed by atoms with van der Waals surface area (Å²) in [5.74, 6) is 0.792. The van der Waals surface area contributed by atoms with Gasteiger partial charge in [0, 0.05) is 24.5 Å². The molecule has 1 aliphatic rings. The Morgan fingerprint density at radius 3 is 2.24 bits per heavy atom. The zero-order chi connectivity index (χ0) is 18.0. The summed E-state index contributed by atoms with van der Waals surface area (Å²) in [6.07, 6.45) is 2.42. The van der Waals surface area contributed by atoms with Crippen LogP contribution >= 0.6 is 0 Å². The van der Waals surface area contributed by atoms with Gasteiger partial charge in [-0.15, -0.1) is 0 Å². The largest absolute Gasteiger partial charge is 0.372 e. The van der Waals surface area contributed by atoms with Crippen LogP contribution in [-0.4, -0.2) is 21.5 Å². The normalized spacial score (nSPS) is 16.0. The number of sulfonamides is 1. The molecule has 5 heteroatoms. The van der Waals surface area contributed by atoms with E-state index in [9.17, 15) is 8.42 Å². The van der Waals surface area contributed by atoms with Gasteiger partial charge in [-0.2, -0.15) is 0 Å². The van der Waals surface area contributed by atoms with Crippen LogP contribution in [0.2, 0.25) is 0 Å². The van der Waals surface area contributed by atoms with Crippen LogP contribution in [-0.2, 0) is 10.0 Å². The van der Waals surface area contributed by atoms with E-state index in [2.05, 4.69) is 16.5 Å². The Morgan fingerprint density at radius 2 is 1.64 bits per heavy atom. The molecule has 0 aromatic heterocycles. The molecular formula is C20H26N2O2S. The summed E-state index contributed by atoms with van der Waals surface area (Å²) >= 11 is 0. The highest BCUT2D eigenvalue weighted by molar-refractivity contribution is 7.92.